The number of aliphatic hydroxyl groups is 1. The minimum atomic E-state index is -0.712. The monoisotopic (exact) mass is 254 g/mol. The van der Waals surface area contributed by atoms with Crippen molar-refractivity contribution >= 4 is 0 Å². The van der Waals surface area contributed by atoms with Gasteiger partial charge in [-0.1, -0.05) is 0 Å². The van der Waals surface area contributed by atoms with Crippen LogP contribution in [0.3, 0.4) is 0 Å². The summed E-state index contributed by atoms with van der Waals surface area (Å²) in [5.41, 5.74) is 0.235. The molecule has 4 heteroatoms. The Hall–Kier alpha value is -1.42. The van der Waals surface area contributed by atoms with Crippen LogP contribution >= 0.6 is 0 Å². The van der Waals surface area contributed by atoms with E-state index in [1.807, 2.05) is 12.1 Å². The zero-order valence-electron chi connectivity index (χ0n) is 11.7. The maximum absolute atomic E-state index is 9.80. The molecule has 0 aliphatic carbocycles. The predicted molar refractivity (Wildman–Crippen MR) is 70.7 cm³/mol. The van der Waals surface area contributed by atoms with Gasteiger partial charge in [0.05, 0.1) is 26.9 Å². The molecule has 0 radical (unpaired) electrons. The molecule has 0 saturated carbocycles. The Labute approximate surface area is 108 Å². The van der Waals surface area contributed by atoms with E-state index in [4.69, 9.17) is 14.2 Å². The molecular weight excluding hydrogens is 232 g/mol. The molecule has 0 unspecified atom stereocenters. The lowest BCUT2D eigenvalue weighted by Gasteiger charge is -2.20. The third-order valence-electron chi connectivity index (χ3n) is 2.80. The summed E-state index contributed by atoms with van der Waals surface area (Å²) in [6.07, 6.45) is 1.31. The summed E-state index contributed by atoms with van der Waals surface area (Å²) >= 11 is 0. The van der Waals surface area contributed by atoms with Crippen LogP contribution in [0.2, 0.25) is 0 Å². The van der Waals surface area contributed by atoms with E-state index in [0.717, 1.165) is 17.1 Å². The van der Waals surface area contributed by atoms with Crippen LogP contribution in [0.4, 0.5) is 0 Å². The smallest absolute Gasteiger partial charge is 0.129 e. The van der Waals surface area contributed by atoms with Crippen molar-refractivity contribution in [2.45, 2.75) is 32.3 Å². The van der Waals surface area contributed by atoms with E-state index < -0.39 is 5.60 Å². The molecule has 0 heterocycles. The van der Waals surface area contributed by atoms with Crippen LogP contribution < -0.4 is 14.2 Å². The van der Waals surface area contributed by atoms with Crippen molar-refractivity contribution in [1.82, 2.24) is 0 Å². The average Bonchev–Trinajstić information content (AvgIpc) is 2.34. The Balaban J connectivity index is 3.07. The third kappa shape index (κ3) is 3.81. The first-order valence-electron chi connectivity index (χ1n) is 5.92. The molecule has 0 saturated heterocycles. The van der Waals surface area contributed by atoms with Crippen molar-refractivity contribution in [3.63, 3.8) is 0 Å². The SMILES string of the molecule is COc1cc(OC)c(CCC(C)(C)O)c(OC)c1. The van der Waals surface area contributed by atoms with E-state index in [1.54, 1.807) is 35.2 Å². The largest absolute Gasteiger partial charge is 0.496 e. The topological polar surface area (TPSA) is 47.9 Å². The first-order valence-corrected chi connectivity index (χ1v) is 5.92. The van der Waals surface area contributed by atoms with Crippen molar-refractivity contribution in [2.75, 3.05) is 21.3 Å². The van der Waals surface area contributed by atoms with Gasteiger partial charge in [0.25, 0.3) is 0 Å². The summed E-state index contributed by atoms with van der Waals surface area (Å²) in [7, 11) is 4.83. The van der Waals surface area contributed by atoms with Crippen molar-refractivity contribution < 1.29 is 19.3 Å². The van der Waals surface area contributed by atoms with Crippen LogP contribution in [0.15, 0.2) is 12.1 Å². The summed E-state index contributed by atoms with van der Waals surface area (Å²) in [6, 6.07) is 3.64. The van der Waals surface area contributed by atoms with Gasteiger partial charge in [0.2, 0.25) is 0 Å². The quantitative estimate of drug-likeness (QED) is 0.847. The van der Waals surface area contributed by atoms with Crippen molar-refractivity contribution in [1.29, 1.82) is 0 Å². The predicted octanol–water partition coefficient (Wildman–Crippen LogP) is 2.42. The van der Waals surface area contributed by atoms with Gasteiger partial charge in [0, 0.05) is 17.7 Å². The second kappa shape index (κ2) is 5.96. The lowest BCUT2D eigenvalue weighted by molar-refractivity contribution is 0.0711. The van der Waals surface area contributed by atoms with E-state index in [9.17, 15) is 5.11 Å². The molecule has 1 aromatic carbocycles. The van der Waals surface area contributed by atoms with Gasteiger partial charge in [-0.2, -0.15) is 0 Å². The highest BCUT2D eigenvalue weighted by Gasteiger charge is 2.18. The van der Waals surface area contributed by atoms with Gasteiger partial charge in [-0.25, -0.2) is 0 Å². The molecule has 1 N–H and O–H groups in total. The summed E-state index contributed by atoms with van der Waals surface area (Å²) in [6.45, 7) is 3.57. The standard InChI is InChI=1S/C14H22O4/c1-14(2,15)7-6-11-12(17-4)8-10(16-3)9-13(11)18-5/h8-9,15H,6-7H2,1-5H3. The normalized spacial score (nSPS) is 11.2. The minimum Gasteiger partial charge on any atom is -0.496 e. The number of benzene rings is 1. The molecule has 0 aliphatic rings. The molecule has 0 atom stereocenters. The lowest BCUT2D eigenvalue weighted by Crippen LogP contribution is -2.19. The number of hydrogen-bond donors (Lipinski definition) is 1. The van der Waals surface area contributed by atoms with Crippen molar-refractivity contribution in [3.05, 3.63) is 17.7 Å². The van der Waals surface area contributed by atoms with Gasteiger partial charge >= 0.3 is 0 Å². The zero-order chi connectivity index (χ0) is 13.8. The van der Waals surface area contributed by atoms with E-state index in [2.05, 4.69) is 0 Å². The van der Waals surface area contributed by atoms with Crippen LogP contribution in [-0.4, -0.2) is 32.0 Å². The Morgan fingerprint density at radius 2 is 1.50 bits per heavy atom. The van der Waals surface area contributed by atoms with Crippen molar-refractivity contribution in [3.8, 4) is 17.2 Å². The van der Waals surface area contributed by atoms with Gasteiger partial charge in [-0.05, 0) is 26.7 Å². The molecule has 4 nitrogen and oxygen atoms in total. The summed E-state index contributed by atoms with van der Waals surface area (Å²) in [5.74, 6) is 2.13. The minimum absolute atomic E-state index is 0.631. The van der Waals surface area contributed by atoms with Gasteiger partial charge in [0.15, 0.2) is 0 Å². The van der Waals surface area contributed by atoms with E-state index in [1.165, 1.54) is 0 Å². The average molecular weight is 254 g/mol. The van der Waals surface area contributed by atoms with Gasteiger partial charge in [-0.3, -0.25) is 0 Å². The third-order valence-corrected chi connectivity index (χ3v) is 2.80. The molecule has 0 amide bonds. The Bertz CT molecular complexity index is 368. The summed E-state index contributed by atoms with van der Waals surface area (Å²) in [4.78, 5) is 0. The number of ether oxygens (including phenoxy) is 3. The summed E-state index contributed by atoms with van der Waals surface area (Å²) in [5, 5.41) is 9.80. The van der Waals surface area contributed by atoms with E-state index in [0.29, 0.717) is 18.6 Å². The maximum atomic E-state index is 9.80. The second-order valence-electron chi connectivity index (χ2n) is 4.82. The molecular formula is C14H22O4. The molecule has 0 aliphatic heterocycles. The first kappa shape index (κ1) is 14.6. The Kier molecular flexibility index (Phi) is 4.84. The molecule has 1 rings (SSSR count). The highest BCUT2D eigenvalue weighted by Crippen LogP contribution is 2.35. The van der Waals surface area contributed by atoms with Crippen LogP contribution in [0.5, 0.6) is 17.2 Å². The van der Waals surface area contributed by atoms with Crippen LogP contribution in [0, 0.1) is 0 Å². The van der Waals surface area contributed by atoms with Gasteiger partial charge < -0.3 is 19.3 Å². The van der Waals surface area contributed by atoms with E-state index >= 15 is 0 Å². The number of methoxy groups -OCH3 is 3. The van der Waals surface area contributed by atoms with Gasteiger partial charge in [-0.15, -0.1) is 0 Å². The highest BCUT2D eigenvalue weighted by molar-refractivity contribution is 5.50. The lowest BCUT2D eigenvalue weighted by atomic mass is 9.97. The van der Waals surface area contributed by atoms with Crippen molar-refractivity contribution in [2.24, 2.45) is 0 Å². The first-order chi connectivity index (χ1) is 8.41. The molecule has 0 bridgehead atoms. The second-order valence-corrected chi connectivity index (χ2v) is 4.82. The Morgan fingerprint density at radius 3 is 1.83 bits per heavy atom. The maximum Gasteiger partial charge on any atom is 0.129 e. The fraction of sp³-hybridized carbons (Fsp3) is 0.571. The van der Waals surface area contributed by atoms with Crippen LogP contribution in [0.25, 0.3) is 0 Å². The van der Waals surface area contributed by atoms with Crippen LogP contribution in [0.1, 0.15) is 25.8 Å². The van der Waals surface area contributed by atoms with E-state index in [-0.39, 0.29) is 0 Å². The Morgan fingerprint density at radius 1 is 1.00 bits per heavy atom. The summed E-state index contributed by atoms with van der Waals surface area (Å²) < 4.78 is 15.9. The van der Waals surface area contributed by atoms with Gasteiger partial charge in [0.1, 0.15) is 17.2 Å². The van der Waals surface area contributed by atoms with Crippen LogP contribution in [-0.2, 0) is 6.42 Å². The molecule has 0 fully saturated rings. The molecule has 0 spiro atoms. The molecule has 102 valence electrons. The zero-order valence-corrected chi connectivity index (χ0v) is 11.7. The fourth-order valence-corrected chi connectivity index (χ4v) is 1.76. The molecule has 18 heavy (non-hydrogen) atoms. The molecule has 0 aromatic heterocycles. The number of rotatable bonds is 6. The fourth-order valence-electron chi connectivity index (χ4n) is 1.76. The molecule has 1 aromatic rings. The highest BCUT2D eigenvalue weighted by atomic mass is 16.5. The number of hydrogen-bond acceptors (Lipinski definition) is 4.